The number of carbonyl (C=O) groups excluding carboxylic acids is 1. The van der Waals surface area contributed by atoms with Crippen LogP contribution in [0.2, 0.25) is 0 Å². The zero-order chi connectivity index (χ0) is 13.6. The Hall–Kier alpha value is -1.31. The SMILES string of the molecule is Cc1ccc([C@@H]2OC(=O)[C@H]3[C@H](CC[C@@H]3C)[C@H]2C)cc1. The average molecular weight is 258 g/mol. The highest BCUT2D eigenvalue weighted by molar-refractivity contribution is 5.75. The summed E-state index contributed by atoms with van der Waals surface area (Å²) in [7, 11) is 0. The zero-order valence-electron chi connectivity index (χ0n) is 11.9. The smallest absolute Gasteiger partial charge is 0.310 e. The number of rotatable bonds is 1. The number of aryl methyl sites for hydroxylation is 1. The highest BCUT2D eigenvalue weighted by Crippen LogP contribution is 2.50. The zero-order valence-corrected chi connectivity index (χ0v) is 11.9. The van der Waals surface area contributed by atoms with E-state index in [1.54, 1.807) is 0 Å². The van der Waals surface area contributed by atoms with E-state index in [-0.39, 0.29) is 18.0 Å². The lowest BCUT2D eigenvalue weighted by Gasteiger charge is -2.38. The molecule has 0 amide bonds. The minimum absolute atomic E-state index is 0.0266. The predicted octanol–water partition coefficient (Wildman–Crippen LogP) is 3.89. The number of fused-ring (bicyclic) bond motifs is 1. The first kappa shape index (κ1) is 12.7. The summed E-state index contributed by atoms with van der Waals surface area (Å²) < 4.78 is 5.77. The van der Waals surface area contributed by atoms with Gasteiger partial charge in [-0.3, -0.25) is 4.79 Å². The molecule has 0 radical (unpaired) electrons. The maximum absolute atomic E-state index is 12.3. The van der Waals surface area contributed by atoms with Gasteiger partial charge in [0.15, 0.2) is 0 Å². The molecule has 3 rings (SSSR count). The van der Waals surface area contributed by atoms with E-state index in [4.69, 9.17) is 4.74 Å². The summed E-state index contributed by atoms with van der Waals surface area (Å²) >= 11 is 0. The molecule has 0 spiro atoms. The molecule has 1 heterocycles. The van der Waals surface area contributed by atoms with Gasteiger partial charge in [-0.25, -0.2) is 0 Å². The number of carbonyl (C=O) groups is 1. The second-order valence-corrected chi connectivity index (χ2v) is 6.37. The maximum Gasteiger partial charge on any atom is 0.310 e. The van der Waals surface area contributed by atoms with Crippen LogP contribution in [0.4, 0.5) is 0 Å². The average Bonchev–Trinajstić information content (AvgIpc) is 2.78. The topological polar surface area (TPSA) is 26.3 Å². The fourth-order valence-electron chi connectivity index (χ4n) is 3.90. The predicted molar refractivity (Wildman–Crippen MR) is 74.6 cm³/mol. The largest absolute Gasteiger partial charge is 0.457 e. The molecule has 1 aliphatic carbocycles. The second kappa shape index (κ2) is 4.66. The number of cyclic esters (lactones) is 1. The number of esters is 1. The molecule has 1 aromatic carbocycles. The summed E-state index contributed by atoms with van der Waals surface area (Å²) in [6.07, 6.45) is 2.28. The monoisotopic (exact) mass is 258 g/mol. The standard InChI is InChI=1S/C17H22O2/c1-10-4-7-13(8-5-10)16-12(3)14-9-6-11(2)15(14)17(18)19-16/h4-5,7-8,11-12,14-16H,6,9H2,1-3H3/t11-,12+,14+,15+,16+/m0/s1. The molecule has 0 N–H and O–H groups in total. The third kappa shape index (κ3) is 2.07. The Kier molecular flexibility index (Phi) is 3.12. The summed E-state index contributed by atoms with van der Waals surface area (Å²) in [4.78, 5) is 12.3. The van der Waals surface area contributed by atoms with Gasteiger partial charge < -0.3 is 4.74 Å². The number of hydrogen-bond donors (Lipinski definition) is 0. The van der Waals surface area contributed by atoms with Gasteiger partial charge in [-0.15, -0.1) is 0 Å². The van der Waals surface area contributed by atoms with E-state index in [1.807, 2.05) is 0 Å². The first-order valence-electron chi connectivity index (χ1n) is 7.35. The highest BCUT2D eigenvalue weighted by atomic mass is 16.5. The van der Waals surface area contributed by atoms with Crippen LogP contribution in [-0.4, -0.2) is 5.97 Å². The Morgan fingerprint density at radius 2 is 1.79 bits per heavy atom. The Labute approximate surface area is 115 Å². The summed E-state index contributed by atoms with van der Waals surface area (Å²) in [5, 5.41) is 0. The van der Waals surface area contributed by atoms with E-state index in [1.165, 1.54) is 12.0 Å². The van der Waals surface area contributed by atoms with Gasteiger partial charge in [-0.2, -0.15) is 0 Å². The molecule has 2 nitrogen and oxygen atoms in total. The molecule has 1 saturated heterocycles. The fraction of sp³-hybridized carbons (Fsp3) is 0.588. The lowest BCUT2D eigenvalue weighted by atomic mass is 9.75. The van der Waals surface area contributed by atoms with Gasteiger partial charge in [-0.1, -0.05) is 43.7 Å². The molecule has 1 aliphatic heterocycles. The van der Waals surface area contributed by atoms with Crippen molar-refractivity contribution in [2.75, 3.05) is 0 Å². The summed E-state index contributed by atoms with van der Waals surface area (Å²) in [5.41, 5.74) is 2.38. The lowest BCUT2D eigenvalue weighted by molar-refractivity contribution is -0.172. The second-order valence-electron chi connectivity index (χ2n) is 6.37. The van der Waals surface area contributed by atoms with Crippen molar-refractivity contribution in [2.24, 2.45) is 23.7 Å². The van der Waals surface area contributed by atoms with Crippen molar-refractivity contribution >= 4 is 5.97 Å². The summed E-state index contributed by atoms with van der Waals surface area (Å²) in [5.74, 6) is 1.58. The molecule has 2 fully saturated rings. The van der Waals surface area contributed by atoms with Crippen molar-refractivity contribution < 1.29 is 9.53 Å². The van der Waals surface area contributed by atoms with Gasteiger partial charge in [0.05, 0.1) is 5.92 Å². The molecule has 0 unspecified atom stereocenters. The van der Waals surface area contributed by atoms with E-state index in [0.29, 0.717) is 17.8 Å². The van der Waals surface area contributed by atoms with Crippen LogP contribution in [0.5, 0.6) is 0 Å². The summed E-state index contributed by atoms with van der Waals surface area (Å²) in [6.45, 7) is 6.51. The van der Waals surface area contributed by atoms with Crippen molar-refractivity contribution in [3.8, 4) is 0 Å². The minimum Gasteiger partial charge on any atom is -0.457 e. The Morgan fingerprint density at radius 1 is 1.11 bits per heavy atom. The van der Waals surface area contributed by atoms with Gasteiger partial charge in [-0.05, 0) is 37.2 Å². The van der Waals surface area contributed by atoms with Crippen LogP contribution in [0.3, 0.4) is 0 Å². The van der Waals surface area contributed by atoms with Crippen LogP contribution in [0.15, 0.2) is 24.3 Å². The fourth-order valence-corrected chi connectivity index (χ4v) is 3.90. The molecule has 2 heteroatoms. The van der Waals surface area contributed by atoms with Crippen LogP contribution >= 0.6 is 0 Å². The summed E-state index contributed by atoms with van der Waals surface area (Å²) in [6, 6.07) is 8.39. The lowest BCUT2D eigenvalue weighted by Crippen LogP contribution is -2.39. The number of benzene rings is 1. The molecule has 1 saturated carbocycles. The normalized spacial score (nSPS) is 37.8. The van der Waals surface area contributed by atoms with Gasteiger partial charge in [0.2, 0.25) is 0 Å². The Morgan fingerprint density at radius 3 is 2.47 bits per heavy atom. The number of ether oxygens (including phenoxy) is 1. The molecule has 2 aliphatic rings. The maximum atomic E-state index is 12.3. The molecule has 19 heavy (non-hydrogen) atoms. The molecular formula is C17H22O2. The van der Waals surface area contributed by atoms with E-state index >= 15 is 0 Å². The van der Waals surface area contributed by atoms with E-state index in [0.717, 1.165) is 12.0 Å². The van der Waals surface area contributed by atoms with Crippen LogP contribution < -0.4 is 0 Å². The first-order chi connectivity index (χ1) is 9.08. The molecule has 1 aromatic rings. The van der Waals surface area contributed by atoms with E-state index in [9.17, 15) is 4.79 Å². The van der Waals surface area contributed by atoms with E-state index in [2.05, 4.69) is 45.0 Å². The molecule has 0 bridgehead atoms. The van der Waals surface area contributed by atoms with Gasteiger partial charge >= 0.3 is 5.97 Å². The first-order valence-corrected chi connectivity index (χ1v) is 7.35. The Bertz CT molecular complexity index is 477. The Balaban J connectivity index is 1.88. The van der Waals surface area contributed by atoms with Crippen molar-refractivity contribution in [3.63, 3.8) is 0 Å². The third-order valence-corrected chi connectivity index (χ3v) is 5.10. The highest BCUT2D eigenvalue weighted by Gasteiger charge is 2.49. The van der Waals surface area contributed by atoms with Crippen molar-refractivity contribution in [1.82, 2.24) is 0 Å². The third-order valence-electron chi connectivity index (χ3n) is 5.10. The number of hydrogen-bond acceptors (Lipinski definition) is 2. The van der Waals surface area contributed by atoms with Gasteiger partial charge in [0.1, 0.15) is 6.10 Å². The quantitative estimate of drug-likeness (QED) is 0.714. The van der Waals surface area contributed by atoms with Crippen molar-refractivity contribution in [1.29, 1.82) is 0 Å². The minimum atomic E-state index is -0.0559. The van der Waals surface area contributed by atoms with Crippen LogP contribution in [-0.2, 0) is 9.53 Å². The van der Waals surface area contributed by atoms with Crippen LogP contribution in [0, 0.1) is 30.6 Å². The van der Waals surface area contributed by atoms with Gasteiger partial charge in [0.25, 0.3) is 0 Å². The molecule has 102 valence electrons. The molecule has 0 aromatic heterocycles. The molecular weight excluding hydrogens is 236 g/mol. The van der Waals surface area contributed by atoms with Crippen molar-refractivity contribution in [2.45, 2.75) is 39.7 Å². The molecule has 5 atom stereocenters. The van der Waals surface area contributed by atoms with E-state index < -0.39 is 0 Å². The van der Waals surface area contributed by atoms with Crippen LogP contribution in [0.25, 0.3) is 0 Å². The van der Waals surface area contributed by atoms with Gasteiger partial charge in [0, 0.05) is 5.92 Å². The van der Waals surface area contributed by atoms with Crippen molar-refractivity contribution in [3.05, 3.63) is 35.4 Å². The van der Waals surface area contributed by atoms with Crippen LogP contribution in [0.1, 0.15) is 43.9 Å².